The Labute approximate surface area is 359 Å². The second-order valence-electron chi connectivity index (χ2n) is 16.7. The number of unbranched alkanes of at least 4 members (excludes halogenated alkanes) is 28. The number of esters is 3. The molecule has 6 heteroatoms. The summed E-state index contributed by atoms with van der Waals surface area (Å²) < 4.78 is 16.7. The first-order chi connectivity index (χ1) is 28.5. The van der Waals surface area contributed by atoms with Gasteiger partial charge in [-0.25, -0.2) is 0 Å². The molecule has 0 spiro atoms. The van der Waals surface area contributed by atoms with Crippen molar-refractivity contribution >= 4 is 17.9 Å². The standard InChI is InChI=1S/C52H94O6/c1-4-7-10-13-16-19-21-23-24-25-26-27-28-29-31-33-36-39-42-45-51(54)57-48-49(47-56-50(53)44-41-38-35-32-18-15-12-9-6-3)58-52(55)46-43-40-37-34-30-22-20-17-14-11-8-5-2/h9,12,17-18,20,32,49H,4-8,10-11,13-16,19,21-31,33-48H2,1-3H3/b12-9-,20-17-,32-18-. The Morgan fingerprint density at radius 1 is 0.362 bits per heavy atom. The summed E-state index contributed by atoms with van der Waals surface area (Å²) in [7, 11) is 0. The maximum Gasteiger partial charge on any atom is 0.306 e. The van der Waals surface area contributed by atoms with E-state index < -0.39 is 6.10 Å². The number of hydrogen-bond donors (Lipinski definition) is 0. The number of carbonyl (C=O) groups is 3. The molecule has 58 heavy (non-hydrogen) atoms. The molecule has 1 atom stereocenters. The molecule has 0 N–H and O–H groups in total. The van der Waals surface area contributed by atoms with Crippen molar-refractivity contribution in [3.63, 3.8) is 0 Å². The van der Waals surface area contributed by atoms with Crippen molar-refractivity contribution in [1.29, 1.82) is 0 Å². The van der Waals surface area contributed by atoms with Crippen LogP contribution < -0.4 is 0 Å². The monoisotopic (exact) mass is 815 g/mol. The highest BCUT2D eigenvalue weighted by Crippen LogP contribution is 2.16. The van der Waals surface area contributed by atoms with Gasteiger partial charge in [0.05, 0.1) is 0 Å². The van der Waals surface area contributed by atoms with Crippen LogP contribution in [0, 0.1) is 0 Å². The minimum absolute atomic E-state index is 0.0831. The molecule has 0 saturated carbocycles. The van der Waals surface area contributed by atoms with Crippen LogP contribution in [-0.2, 0) is 28.6 Å². The highest BCUT2D eigenvalue weighted by Gasteiger charge is 2.19. The van der Waals surface area contributed by atoms with Crippen LogP contribution >= 0.6 is 0 Å². The van der Waals surface area contributed by atoms with Crippen molar-refractivity contribution in [1.82, 2.24) is 0 Å². The molecule has 6 nitrogen and oxygen atoms in total. The molecule has 0 heterocycles. The lowest BCUT2D eigenvalue weighted by molar-refractivity contribution is -0.167. The lowest BCUT2D eigenvalue weighted by atomic mass is 10.0. The Bertz CT molecular complexity index is 984. The van der Waals surface area contributed by atoms with Gasteiger partial charge in [-0.2, -0.15) is 0 Å². The molecule has 1 unspecified atom stereocenters. The predicted molar refractivity (Wildman–Crippen MR) is 247 cm³/mol. The van der Waals surface area contributed by atoms with Crippen LogP contribution in [-0.4, -0.2) is 37.2 Å². The van der Waals surface area contributed by atoms with Crippen LogP contribution in [0.3, 0.4) is 0 Å². The highest BCUT2D eigenvalue weighted by molar-refractivity contribution is 5.71. The lowest BCUT2D eigenvalue weighted by Gasteiger charge is -2.18. The summed E-state index contributed by atoms with van der Waals surface area (Å²) in [5.74, 6) is -0.924. The second kappa shape index (κ2) is 47.3. The average molecular weight is 815 g/mol. The second-order valence-corrected chi connectivity index (χ2v) is 16.7. The zero-order valence-corrected chi connectivity index (χ0v) is 38.6. The molecule has 0 amide bonds. The van der Waals surface area contributed by atoms with Crippen LogP contribution in [0.1, 0.15) is 258 Å². The van der Waals surface area contributed by atoms with Gasteiger partial charge in [0, 0.05) is 19.3 Å². The molecule has 0 aliphatic heterocycles. The van der Waals surface area contributed by atoms with Crippen LogP contribution in [0.25, 0.3) is 0 Å². The maximum atomic E-state index is 12.7. The van der Waals surface area contributed by atoms with Gasteiger partial charge in [0.2, 0.25) is 0 Å². The van der Waals surface area contributed by atoms with Crippen molar-refractivity contribution in [3.8, 4) is 0 Å². The Morgan fingerprint density at radius 3 is 1.12 bits per heavy atom. The summed E-state index contributed by atoms with van der Waals surface area (Å²) in [4.78, 5) is 37.8. The van der Waals surface area contributed by atoms with Gasteiger partial charge in [-0.05, 0) is 70.6 Å². The molecule has 0 aromatic rings. The average Bonchev–Trinajstić information content (AvgIpc) is 3.22. The quantitative estimate of drug-likeness (QED) is 0.0264. The topological polar surface area (TPSA) is 78.9 Å². The Kier molecular flexibility index (Phi) is 45.4. The van der Waals surface area contributed by atoms with Crippen LogP contribution in [0.2, 0.25) is 0 Å². The molecule has 0 aromatic heterocycles. The number of hydrogen-bond acceptors (Lipinski definition) is 6. The van der Waals surface area contributed by atoms with Gasteiger partial charge in [-0.3, -0.25) is 14.4 Å². The summed E-state index contributed by atoms with van der Waals surface area (Å²) in [5, 5.41) is 0. The zero-order valence-electron chi connectivity index (χ0n) is 38.6. The number of allylic oxidation sites excluding steroid dienone is 6. The van der Waals surface area contributed by atoms with E-state index in [1.54, 1.807) is 0 Å². The SMILES string of the molecule is CC/C=C\C/C=C\CCCCC(=O)OCC(COC(=O)CCCCCCCCCCCCCCCCCCCCC)OC(=O)CCCCCCC/C=C\CCCCC. The van der Waals surface area contributed by atoms with Gasteiger partial charge in [0.15, 0.2) is 6.10 Å². The minimum Gasteiger partial charge on any atom is -0.462 e. The normalized spacial score (nSPS) is 12.3. The van der Waals surface area contributed by atoms with E-state index in [1.807, 2.05) is 0 Å². The zero-order chi connectivity index (χ0) is 42.3. The van der Waals surface area contributed by atoms with E-state index in [9.17, 15) is 14.4 Å². The van der Waals surface area contributed by atoms with Crippen LogP contribution in [0.5, 0.6) is 0 Å². The smallest absolute Gasteiger partial charge is 0.306 e. The fourth-order valence-electron chi connectivity index (χ4n) is 7.12. The fourth-order valence-corrected chi connectivity index (χ4v) is 7.12. The van der Waals surface area contributed by atoms with E-state index in [1.165, 1.54) is 135 Å². The Morgan fingerprint density at radius 2 is 0.672 bits per heavy atom. The van der Waals surface area contributed by atoms with Gasteiger partial charge in [-0.1, -0.05) is 205 Å². The summed E-state index contributed by atoms with van der Waals surface area (Å²) in [6, 6.07) is 0. The van der Waals surface area contributed by atoms with Crippen molar-refractivity contribution < 1.29 is 28.6 Å². The van der Waals surface area contributed by atoms with Crippen molar-refractivity contribution in [2.24, 2.45) is 0 Å². The maximum absolute atomic E-state index is 12.7. The van der Waals surface area contributed by atoms with Gasteiger partial charge in [-0.15, -0.1) is 0 Å². The van der Waals surface area contributed by atoms with Crippen LogP contribution in [0.15, 0.2) is 36.5 Å². The van der Waals surface area contributed by atoms with E-state index in [4.69, 9.17) is 14.2 Å². The third-order valence-corrected chi connectivity index (χ3v) is 10.9. The molecular formula is C52H94O6. The van der Waals surface area contributed by atoms with Gasteiger partial charge in [0.1, 0.15) is 13.2 Å². The molecule has 0 bridgehead atoms. The minimum atomic E-state index is -0.784. The predicted octanol–water partition coefficient (Wildman–Crippen LogP) is 16.1. The molecule has 0 radical (unpaired) electrons. The van der Waals surface area contributed by atoms with Crippen LogP contribution in [0.4, 0.5) is 0 Å². The molecule has 0 aromatic carbocycles. The molecule has 0 aliphatic carbocycles. The highest BCUT2D eigenvalue weighted by atomic mass is 16.6. The number of carbonyl (C=O) groups excluding carboxylic acids is 3. The Hall–Kier alpha value is -2.37. The molecule has 0 fully saturated rings. The van der Waals surface area contributed by atoms with Crippen molar-refractivity contribution in [2.75, 3.05) is 13.2 Å². The van der Waals surface area contributed by atoms with E-state index in [-0.39, 0.29) is 31.1 Å². The largest absolute Gasteiger partial charge is 0.462 e. The summed E-state index contributed by atoms with van der Waals surface area (Å²) >= 11 is 0. The molecule has 0 rings (SSSR count). The van der Waals surface area contributed by atoms with E-state index in [0.717, 1.165) is 83.5 Å². The first-order valence-corrected chi connectivity index (χ1v) is 25.0. The fraction of sp³-hybridized carbons (Fsp3) is 0.827. The summed E-state index contributed by atoms with van der Waals surface area (Å²) in [6.07, 6.45) is 54.3. The van der Waals surface area contributed by atoms with E-state index in [0.29, 0.717) is 19.3 Å². The summed E-state index contributed by atoms with van der Waals surface area (Å²) in [5.41, 5.74) is 0. The molecule has 0 aliphatic rings. The third-order valence-electron chi connectivity index (χ3n) is 10.9. The first kappa shape index (κ1) is 55.6. The molecular weight excluding hydrogens is 721 g/mol. The van der Waals surface area contributed by atoms with Gasteiger partial charge in [0.25, 0.3) is 0 Å². The Balaban J connectivity index is 4.26. The third kappa shape index (κ3) is 44.7. The van der Waals surface area contributed by atoms with Gasteiger partial charge >= 0.3 is 17.9 Å². The van der Waals surface area contributed by atoms with Gasteiger partial charge < -0.3 is 14.2 Å². The van der Waals surface area contributed by atoms with Crippen molar-refractivity contribution in [2.45, 2.75) is 264 Å². The molecule has 338 valence electrons. The summed E-state index contributed by atoms with van der Waals surface area (Å²) in [6.45, 7) is 6.47. The van der Waals surface area contributed by atoms with E-state index >= 15 is 0 Å². The number of ether oxygens (including phenoxy) is 3. The number of rotatable bonds is 45. The lowest BCUT2D eigenvalue weighted by Crippen LogP contribution is -2.30. The molecule has 0 saturated heterocycles. The van der Waals surface area contributed by atoms with Crippen molar-refractivity contribution in [3.05, 3.63) is 36.5 Å². The van der Waals surface area contributed by atoms with E-state index in [2.05, 4.69) is 57.2 Å². The first-order valence-electron chi connectivity index (χ1n) is 25.0.